The molecule has 1 aromatic carbocycles. The van der Waals surface area contributed by atoms with Gasteiger partial charge in [0.1, 0.15) is 12.4 Å². The molecule has 0 atom stereocenters. The van der Waals surface area contributed by atoms with Gasteiger partial charge in [-0.1, -0.05) is 0 Å². The SMILES string of the molecule is CC(C)(C)NS(=O)(=O)c1ccc(OCCN)cc1. The molecule has 0 saturated carbocycles. The van der Waals surface area contributed by atoms with Gasteiger partial charge in [-0.05, 0) is 45.0 Å². The lowest BCUT2D eigenvalue weighted by molar-refractivity contribution is 0.328. The summed E-state index contributed by atoms with van der Waals surface area (Å²) in [6, 6.07) is 6.26. The Kier molecular flexibility index (Phi) is 4.72. The van der Waals surface area contributed by atoms with E-state index in [1.165, 1.54) is 12.1 Å². The second-order valence-corrected chi connectivity index (χ2v) is 6.65. The summed E-state index contributed by atoms with van der Waals surface area (Å²) in [5.74, 6) is 0.607. The van der Waals surface area contributed by atoms with Crippen LogP contribution in [0.5, 0.6) is 5.75 Å². The lowest BCUT2D eigenvalue weighted by Gasteiger charge is -2.20. The van der Waals surface area contributed by atoms with Gasteiger partial charge in [0.2, 0.25) is 10.0 Å². The average molecular weight is 272 g/mol. The van der Waals surface area contributed by atoms with Crippen molar-refractivity contribution in [2.45, 2.75) is 31.2 Å². The smallest absolute Gasteiger partial charge is 0.241 e. The first-order valence-electron chi connectivity index (χ1n) is 5.71. The summed E-state index contributed by atoms with van der Waals surface area (Å²) in [5, 5.41) is 0. The zero-order valence-corrected chi connectivity index (χ0v) is 11.8. The van der Waals surface area contributed by atoms with Crippen molar-refractivity contribution < 1.29 is 13.2 Å². The molecule has 0 aromatic heterocycles. The summed E-state index contributed by atoms with van der Waals surface area (Å²) in [6.07, 6.45) is 0. The fraction of sp³-hybridized carbons (Fsp3) is 0.500. The quantitative estimate of drug-likeness (QED) is 0.841. The van der Waals surface area contributed by atoms with Gasteiger partial charge < -0.3 is 10.5 Å². The molecular formula is C12H20N2O3S. The van der Waals surface area contributed by atoms with Crippen LogP contribution in [0.4, 0.5) is 0 Å². The van der Waals surface area contributed by atoms with Crippen molar-refractivity contribution in [3.05, 3.63) is 24.3 Å². The van der Waals surface area contributed by atoms with E-state index in [1.807, 2.05) is 0 Å². The molecule has 0 amide bonds. The van der Waals surface area contributed by atoms with E-state index < -0.39 is 15.6 Å². The maximum absolute atomic E-state index is 12.0. The summed E-state index contributed by atoms with van der Waals surface area (Å²) < 4.78 is 31.9. The van der Waals surface area contributed by atoms with Gasteiger partial charge in [-0.15, -0.1) is 0 Å². The highest BCUT2D eigenvalue weighted by Crippen LogP contribution is 2.17. The molecule has 1 rings (SSSR count). The van der Waals surface area contributed by atoms with E-state index in [0.717, 1.165) is 0 Å². The monoisotopic (exact) mass is 272 g/mol. The van der Waals surface area contributed by atoms with Crippen LogP contribution in [0.2, 0.25) is 0 Å². The van der Waals surface area contributed by atoms with E-state index in [0.29, 0.717) is 18.9 Å². The Balaban J connectivity index is 2.84. The minimum absolute atomic E-state index is 0.220. The van der Waals surface area contributed by atoms with Crippen molar-refractivity contribution in [3.63, 3.8) is 0 Å². The molecule has 0 saturated heterocycles. The minimum atomic E-state index is -3.49. The van der Waals surface area contributed by atoms with E-state index in [9.17, 15) is 8.42 Å². The highest BCUT2D eigenvalue weighted by molar-refractivity contribution is 7.89. The largest absolute Gasteiger partial charge is 0.492 e. The van der Waals surface area contributed by atoms with E-state index in [1.54, 1.807) is 32.9 Å². The normalized spacial score (nSPS) is 12.4. The van der Waals surface area contributed by atoms with Crippen LogP contribution in [-0.2, 0) is 10.0 Å². The van der Waals surface area contributed by atoms with Crippen LogP contribution in [0, 0.1) is 0 Å². The van der Waals surface area contributed by atoms with Gasteiger partial charge in [-0.25, -0.2) is 13.1 Å². The first-order chi connectivity index (χ1) is 8.24. The molecule has 1 aromatic rings. The van der Waals surface area contributed by atoms with Gasteiger partial charge in [0, 0.05) is 12.1 Å². The number of ether oxygens (including phenoxy) is 1. The first kappa shape index (κ1) is 14.9. The predicted molar refractivity (Wildman–Crippen MR) is 71.1 cm³/mol. The number of benzene rings is 1. The summed E-state index contributed by atoms with van der Waals surface area (Å²) in [5.41, 5.74) is 4.81. The van der Waals surface area contributed by atoms with E-state index in [2.05, 4.69) is 4.72 Å². The van der Waals surface area contributed by atoms with Crippen LogP contribution in [0.3, 0.4) is 0 Å². The number of sulfonamides is 1. The van der Waals surface area contributed by atoms with Crippen LogP contribution >= 0.6 is 0 Å². The van der Waals surface area contributed by atoms with Crippen molar-refractivity contribution in [1.82, 2.24) is 4.72 Å². The Morgan fingerprint density at radius 3 is 2.22 bits per heavy atom. The highest BCUT2D eigenvalue weighted by Gasteiger charge is 2.21. The molecule has 5 nitrogen and oxygen atoms in total. The molecule has 3 N–H and O–H groups in total. The molecule has 0 fully saturated rings. The summed E-state index contributed by atoms with van der Waals surface area (Å²) in [7, 11) is -3.49. The Labute approximate surface area is 108 Å². The molecule has 0 radical (unpaired) electrons. The number of hydrogen-bond donors (Lipinski definition) is 2. The van der Waals surface area contributed by atoms with Gasteiger partial charge in [0.05, 0.1) is 4.90 Å². The maximum atomic E-state index is 12.0. The molecule has 0 heterocycles. The van der Waals surface area contributed by atoms with Crippen molar-refractivity contribution >= 4 is 10.0 Å². The number of nitrogens with one attached hydrogen (secondary N) is 1. The highest BCUT2D eigenvalue weighted by atomic mass is 32.2. The Hall–Kier alpha value is -1.11. The van der Waals surface area contributed by atoms with Crippen molar-refractivity contribution in [3.8, 4) is 5.75 Å². The zero-order valence-electron chi connectivity index (χ0n) is 10.9. The van der Waals surface area contributed by atoms with Crippen LogP contribution in [0.25, 0.3) is 0 Å². The first-order valence-corrected chi connectivity index (χ1v) is 7.20. The molecule has 18 heavy (non-hydrogen) atoms. The minimum Gasteiger partial charge on any atom is -0.492 e. The maximum Gasteiger partial charge on any atom is 0.241 e. The molecule has 0 aliphatic carbocycles. The fourth-order valence-corrected chi connectivity index (χ4v) is 2.77. The Morgan fingerprint density at radius 2 is 1.78 bits per heavy atom. The molecule has 0 bridgehead atoms. The zero-order chi connectivity index (χ0) is 13.8. The van der Waals surface area contributed by atoms with E-state index in [-0.39, 0.29) is 4.90 Å². The van der Waals surface area contributed by atoms with Crippen LogP contribution in [-0.4, -0.2) is 27.1 Å². The van der Waals surface area contributed by atoms with Gasteiger partial charge in [0.25, 0.3) is 0 Å². The van der Waals surface area contributed by atoms with Crippen molar-refractivity contribution in [2.24, 2.45) is 5.73 Å². The third-order valence-electron chi connectivity index (χ3n) is 1.96. The standard InChI is InChI=1S/C12H20N2O3S/c1-12(2,3)14-18(15,16)11-6-4-10(5-7-11)17-9-8-13/h4-7,14H,8-9,13H2,1-3H3. The molecule has 0 unspecified atom stereocenters. The van der Waals surface area contributed by atoms with Gasteiger partial charge >= 0.3 is 0 Å². The van der Waals surface area contributed by atoms with Crippen LogP contribution < -0.4 is 15.2 Å². The van der Waals surface area contributed by atoms with E-state index in [4.69, 9.17) is 10.5 Å². The molecule has 0 aliphatic rings. The fourth-order valence-electron chi connectivity index (χ4n) is 1.35. The molecular weight excluding hydrogens is 252 g/mol. The summed E-state index contributed by atoms with van der Waals surface area (Å²) >= 11 is 0. The molecule has 102 valence electrons. The number of nitrogens with two attached hydrogens (primary N) is 1. The third kappa shape index (κ3) is 4.64. The lowest BCUT2D eigenvalue weighted by atomic mass is 10.1. The van der Waals surface area contributed by atoms with Gasteiger partial charge in [0.15, 0.2) is 0 Å². The second kappa shape index (κ2) is 5.69. The Morgan fingerprint density at radius 1 is 1.22 bits per heavy atom. The van der Waals surface area contributed by atoms with Crippen molar-refractivity contribution in [1.29, 1.82) is 0 Å². The second-order valence-electron chi connectivity index (χ2n) is 4.96. The number of rotatable bonds is 5. The summed E-state index contributed by atoms with van der Waals surface area (Å²) in [6.45, 7) is 6.22. The van der Waals surface area contributed by atoms with Gasteiger partial charge in [-0.2, -0.15) is 0 Å². The average Bonchev–Trinajstić information content (AvgIpc) is 2.23. The van der Waals surface area contributed by atoms with E-state index >= 15 is 0 Å². The van der Waals surface area contributed by atoms with Crippen LogP contribution in [0.1, 0.15) is 20.8 Å². The summed E-state index contributed by atoms with van der Waals surface area (Å²) in [4.78, 5) is 0.220. The third-order valence-corrected chi connectivity index (χ3v) is 3.74. The van der Waals surface area contributed by atoms with Crippen LogP contribution in [0.15, 0.2) is 29.2 Å². The Bertz CT molecular complexity index is 475. The van der Waals surface area contributed by atoms with Crippen molar-refractivity contribution in [2.75, 3.05) is 13.2 Å². The molecule has 6 heteroatoms. The number of hydrogen-bond acceptors (Lipinski definition) is 4. The van der Waals surface area contributed by atoms with Gasteiger partial charge in [-0.3, -0.25) is 0 Å². The topological polar surface area (TPSA) is 81.4 Å². The molecule has 0 aliphatic heterocycles. The lowest BCUT2D eigenvalue weighted by Crippen LogP contribution is -2.40. The molecule has 0 spiro atoms. The predicted octanol–water partition coefficient (Wildman–Crippen LogP) is 1.10.